The number of esters is 1. The van der Waals surface area contributed by atoms with Crippen molar-refractivity contribution in [2.24, 2.45) is 7.05 Å². The number of nitrogens with zero attached hydrogens (tertiary/aromatic N) is 1. The predicted octanol–water partition coefficient (Wildman–Crippen LogP) is 3.58. The number of aromatic nitrogens is 1. The van der Waals surface area contributed by atoms with Gasteiger partial charge in [-0.3, -0.25) is 9.59 Å². The Morgan fingerprint density at radius 3 is 2.71 bits per heavy atom. The Kier molecular flexibility index (Phi) is 3.68. The van der Waals surface area contributed by atoms with Crippen LogP contribution in [0.2, 0.25) is 0 Å². The van der Waals surface area contributed by atoms with Crippen molar-refractivity contribution in [1.82, 2.24) is 4.57 Å². The minimum Gasteiger partial charge on any atom is -0.425 e. The first-order chi connectivity index (χ1) is 11.6. The molecular formula is C19H14INO3. The third-order valence-electron chi connectivity index (χ3n) is 4.48. The fourth-order valence-electron chi connectivity index (χ4n) is 3.34. The first-order valence-electron chi connectivity index (χ1n) is 7.64. The van der Waals surface area contributed by atoms with Crippen LogP contribution in [0.5, 0.6) is 5.75 Å². The molecule has 0 amide bonds. The summed E-state index contributed by atoms with van der Waals surface area (Å²) in [4.78, 5) is 25.2. The predicted molar refractivity (Wildman–Crippen MR) is 100 cm³/mol. The standard InChI is InChI=1S/C19H14INO3/c1-21-15-8-3-2-7-13(15)18-17(19(21)23)14(10-16(22)24-18)11-5-4-6-12(20)9-11/h2-9,14H,10H2,1H3. The van der Waals surface area contributed by atoms with Crippen LogP contribution in [0, 0.1) is 3.57 Å². The molecule has 24 heavy (non-hydrogen) atoms. The highest BCUT2D eigenvalue weighted by Gasteiger charge is 2.33. The zero-order valence-corrected chi connectivity index (χ0v) is 15.1. The second-order valence-electron chi connectivity index (χ2n) is 5.91. The van der Waals surface area contributed by atoms with E-state index in [1.54, 1.807) is 11.6 Å². The van der Waals surface area contributed by atoms with E-state index in [-0.39, 0.29) is 23.9 Å². The van der Waals surface area contributed by atoms with Gasteiger partial charge in [0.2, 0.25) is 0 Å². The summed E-state index contributed by atoms with van der Waals surface area (Å²) in [5.41, 5.74) is 2.18. The van der Waals surface area contributed by atoms with Crippen LogP contribution in [0.25, 0.3) is 10.9 Å². The molecule has 0 saturated carbocycles. The van der Waals surface area contributed by atoms with Gasteiger partial charge in [-0.2, -0.15) is 0 Å². The van der Waals surface area contributed by atoms with Crippen molar-refractivity contribution in [3.63, 3.8) is 0 Å². The normalized spacial score (nSPS) is 16.8. The molecule has 0 N–H and O–H groups in total. The van der Waals surface area contributed by atoms with Crippen molar-refractivity contribution in [3.05, 3.63) is 73.6 Å². The number of hydrogen-bond donors (Lipinski definition) is 0. The minimum absolute atomic E-state index is 0.111. The number of carbonyl (C=O) groups is 1. The van der Waals surface area contributed by atoms with E-state index in [1.807, 2.05) is 48.5 Å². The topological polar surface area (TPSA) is 48.3 Å². The molecule has 4 nitrogen and oxygen atoms in total. The smallest absolute Gasteiger partial charge is 0.312 e. The second kappa shape index (κ2) is 5.73. The molecule has 1 aromatic heterocycles. The average Bonchev–Trinajstić information content (AvgIpc) is 2.59. The van der Waals surface area contributed by atoms with Crippen LogP contribution in [0.3, 0.4) is 0 Å². The molecule has 5 heteroatoms. The van der Waals surface area contributed by atoms with Crippen LogP contribution < -0.4 is 10.3 Å². The summed E-state index contributed by atoms with van der Waals surface area (Å²) in [7, 11) is 1.76. The molecule has 1 unspecified atom stereocenters. The van der Waals surface area contributed by atoms with Gasteiger partial charge in [-0.15, -0.1) is 0 Å². The number of aryl methyl sites for hydroxylation is 1. The highest BCUT2D eigenvalue weighted by atomic mass is 127. The van der Waals surface area contributed by atoms with Crippen molar-refractivity contribution >= 4 is 39.5 Å². The number of pyridine rings is 1. The summed E-state index contributed by atoms with van der Waals surface area (Å²) in [6.07, 6.45) is 0.181. The molecule has 1 aliphatic rings. The van der Waals surface area contributed by atoms with E-state index in [4.69, 9.17) is 4.74 Å². The van der Waals surface area contributed by atoms with Gasteiger partial charge in [-0.05, 0) is 52.4 Å². The highest BCUT2D eigenvalue weighted by Crippen LogP contribution is 2.40. The lowest BCUT2D eigenvalue weighted by molar-refractivity contribution is -0.135. The Balaban J connectivity index is 2.07. The number of benzene rings is 2. The molecule has 0 fully saturated rings. The van der Waals surface area contributed by atoms with Crippen LogP contribution >= 0.6 is 22.6 Å². The van der Waals surface area contributed by atoms with Crippen LogP contribution in [0.15, 0.2) is 53.3 Å². The number of rotatable bonds is 1. The molecule has 1 atom stereocenters. The zero-order valence-electron chi connectivity index (χ0n) is 13.0. The van der Waals surface area contributed by atoms with Gasteiger partial charge in [0, 0.05) is 21.9 Å². The maximum atomic E-state index is 13.0. The first-order valence-corrected chi connectivity index (χ1v) is 8.72. The minimum atomic E-state index is -0.301. The summed E-state index contributed by atoms with van der Waals surface area (Å²) in [5, 5.41) is 0.790. The summed E-state index contributed by atoms with van der Waals surface area (Å²) in [6.45, 7) is 0. The molecular weight excluding hydrogens is 417 g/mol. The van der Waals surface area contributed by atoms with Gasteiger partial charge in [0.15, 0.2) is 0 Å². The number of halogens is 1. The molecule has 120 valence electrons. The van der Waals surface area contributed by atoms with E-state index in [0.29, 0.717) is 11.3 Å². The monoisotopic (exact) mass is 431 g/mol. The molecule has 2 heterocycles. The maximum Gasteiger partial charge on any atom is 0.312 e. The third kappa shape index (κ3) is 2.34. The SMILES string of the molecule is Cn1c(=O)c2c(c3ccccc31)OC(=O)CC2c1cccc(I)c1. The summed E-state index contributed by atoms with van der Waals surface area (Å²) in [5.74, 6) is -0.169. The first kappa shape index (κ1) is 15.4. The summed E-state index contributed by atoms with van der Waals surface area (Å²) in [6, 6.07) is 15.4. The van der Waals surface area contributed by atoms with E-state index in [9.17, 15) is 9.59 Å². The molecule has 0 saturated heterocycles. The maximum absolute atomic E-state index is 13.0. The molecule has 1 aliphatic heterocycles. The number of hydrogen-bond acceptors (Lipinski definition) is 3. The second-order valence-corrected chi connectivity index (χ2v) is 7.16. The molecule has 3 aromatic rings. The third-order valence-corrected chi connectivity index (χ3v) is 5.15. The van der Waals surface area contributed by atoms with Gasteiger partial charge in [-0.1, -0.05) is 24.3 Å². The van der Waals surface area contributed by atoms with E-state index in [0.717, 1.165) is 20.0 Å². The molecule has 0 aliphatic carbocycles. The van der Waals surface area contributed by atoms with Crippen molar-refractivity contribution in [3.8, 4) is 5.75 Å². The number of carbonyl (C=O) groups excluding carboxylic acids is 1. The Hall–Kier alpha value is -2.15. The lowest BCUT2D eigenvalue weighted by Gasteiger charge is -2.26. The fraction of sp³-hybridized carbons (Fsp3) is 0.158. The highest BCUT2D eigenvalue weighted by molar-refractivity contribution is 14.1. The van der Waals surface area contributed by atoms with Crippen molar-refractivity contribution in [2.45, 2.75) is 12.3 Å². The quantitative estimate of drug-likeness (QED) is 0.437. The van der Waals surface area contributed by atoms with Gasteiger partial charge >= 0.3 is 5.97 Å². The summed E-state index contributed by atoms with van der Waals surface area (Å²) < 4.78 is 8.21. The molecule has 0 bridgehead atoms. The van der Waals surface area contributed by atoms with Crippen LogP contribution in [-0.2, 0) is 11.8 Å². The fourth-order valence-corrected chi connectivity index (χ4v) is 3.91. The molecule has 0 radical (unpaired) electrons. The summed E-state index contributed by atoms with van der Waals surface area (Å²) >= 11 is 2.24. The van der Waals surface area contributed by atoms with Crippen molar-refractivity contribution in [2.75, 3.05) is 0 Å². The lowest BCUT2D eigenvalue weighted by Crippen LogP contribution is -2.31. The van der Waals surface area contributed by atoms with Gasteiger partial charge in [0.1, 0.15) is 5.75 Å². The van der Waals surface area contributed by atoms with E-state index in [2.05, 4.69) is 22.6 Å². The van der Waals surface area contributed by atoms with Crippen molar-refractivity contribution in [1.29, 1.82) is 0 Å². The number of fused-ring (bicyclic) bond motifs is 3. The van der Waals surface area contributed by atoms with Gasteiger partial charge < -0.3 is 9.30 Å². The largest absolute Gasteiger partial charge is 0.425 e. The average molecular weight is 431 g/mol. The molecule has 4 rings (SSSR count). The van der Waals surface area contributed by atoms with Crippen LogP contribution in [0.1, 0.15) is 23.5 Å². The van der Waals surface area contributed by atoms with Crippen molar-refractivity contribution < 1.29 is 9.53 Å². The van der Waals surface area contributed by atoms with Gasteiger partial charge in [0.05, 0.1) is 17.5 Å². The van der Waals surface area contributed by atoms with Crippen LogP contribution in [0.4, 0.5) is 0 Å². The zero-order chi connectivity index (χ0) is 16.8. The Bertz CT molecular complexity index is 1040. The molecule has 2 aromatic carbocycles. The van der Waals surface area contributed by atoms with Crippen LogP contribution in [-0.4, -0.2) is 10.5 Å². The Labute approximate surface area is 152 Å². The van der Waals surface area contributed by atoms with E-state index < -0.39 is 0 Å². The van der Waals surface area contributed by atoms with Gasteiger partial charge in [-0.25, -0.2) is 0 Å². The van der Waals surface area contributed by atoms with E-state index >= 15 is 0 Å². The Morgan fingerprint density at radius 1 is 1.12 bits per heavy atom. The number of ether oxygens (including phenoxy) is 1. The Morgan fingerprint density at radius 2 is 1.92 bits per heavy atom. The molecule has 0 spiro atoms. The number of para-hydroxylation sites is 1. The van der Waals surface area contributed by atoms with E-state index in [1.165, 1.54) is 0 Å². The lowest BCUT2D eigenvalue weighted by atomic mass is 9.86. The van der Waals surface area contributed by atoms with Gasteiger partial charge in [0.25, 0.3) is 5.56 Å².